The number of hydrogen-bond acceptors (Lipinski definition) is 11. The fraction of sp³-hybridized carbons (Fsp3) is 0.500. The Morgan fingerprint density at radius 2 is 1.79 bits per heavy atom. The van der Waals surface area contributed by atoms with Crippen molar-refractivity contribution in [1.29, 1.82) is 0 Å². The summed E-state index contributed by atoms with van der Waals surface area (Å²) in [7, 11) is 0. The average molecular weight is 582 g/mol. The maximum atomic E-state index is 12.7. The van der Waals surface area contributed by atoms with Crippen LogP contribution in [0.15, 0.2) is 35.4 Å². The van der Waals surface area contributed by atoms with E-state index in [1.807, 2.05) is 0 Å². The van der Waals surface area contributed by atoms with E-state index in [1.54, 1.807) is 49.7 Å². The molecule has 0 spiro atoms. The van der Waals surface area contributed by atoms with E-state index >= 15 is 0 Å². The number of aromatic nitrogens is 4. The highest BCUT2D eigenvalue weighted by Gasteiger charge is 2.23. The molecule has 1 saturated heterocycles. The van der Waals surface area contributed by atoms with Gasteiger partial charge in [0.2, 0.25) is 0 Å². The van der Waals surface area contributed by atoms with E-state index in [9.17, 15) is 14.4 Å². The molecule has 0 bridgehead atoms. The summed E-state index contributed by atoms with van der Waals surface area (Å²) in [5.41, 5.74) is 0.615. The Bertz CT molecular complexity index is 1500. The van der Waals surface area contributed by atoms with Crippen LogP contribution in [0.3, 0.4) is 0 Å². The van der Waals surface area contributed by atoms with Crippen molar-refractivity contribution in [3.05, 3.63) is 46.6 Å². The molecule has 0 saturated carbocycles. The summed E-state index contributed by atoms with van der Waals surface area (Å²) in [6, 6.07) is 5.06. The van der Waals surface area contributed by atoms with Crippen LogP contribution in [0.25, 0.3) is 11.2 Å². The molecule has 2 aliphatic heterocycles. The van der Waals surface area contributed by atoms with Gasteiger partial charge in [0.1, 0.15) is 36.3 Å². The Hall–Kier alpha value is -4.46. The number of alkyl carbamates (subject to hydrolysis) is 1. The average Bonchev–Trinajstić information content (AvgIpc) is 2.95. The van der Waals surface area contributed by atoms with E-state index in [0.717, 1.165) is 0 Å². The molecule has 3 aromatic rings. The van der Waals surface area contributed by atoms with Crippen molar-refractivity contribution in [3.8, 4) is 11.5 Å². The number of pyridine rings is 2. The van der Waals surface area contributed by atoms with Gasteiger partial charge in [-0.1, -0.05) is 0 Å². The number of ether oxygens (including phenoxy) is 4. The molecule has 3 aromatic heterocycles. The Morgan fingerprint density at radius 3 is 2.55 bits per heavy atom. The lowest BCUT2D eigenvalue weighted by atomic mass is 10.1. The van der Waals surface area contributed by atoms with Crippen LogP contribution in [0.4, 0.5) is 15.4 Å². The minimum Gasteiger partial charge on any atom is -0.486 e. The van der Waals surface area contributed by atoms with E-state index < -0.39 is 17.8 Å². The van der Waals surface area contributed by atoms with Crippen molar-refractivity contribution in [2.75, 3.05) is 38.2 Å². The zero-order valence-electron chi connectivity index (χ0n) is 23.9. The van der Waals surface area contributed by atoms with Crippen LogP contribution in [0.1, 0.15) is 39.3 Å². The number of carbonyl (C=O) groups excluding carboxylic acids is 2. The molecule has 42 heavy (non-hydrogen) atoms. The van der Waals surface area contributed by atoms with Crippen molar-refractivity contribution >= 4 is 29.2 Å². The van der Waals surface area contributed by atoms with Crippen molar-refractivity contribution in [3.63, 3.8) is 0 Å². The van der Waals surface area contributed by atoms with Gasteiger partial charge in [-0.15, -0.1) is 0 Å². The standard InChI is InChI=1S/C28H35N7O7/c1-28(2,3)42-27(38)33-23-5-4-20-25(32-23)35(24(36)17-30-20)11-10-34-8-6-19(7-9-34)41-26(37)31-15-18-14-21-22(16-29-18)40-13-12-39-21/h4-5,14,16-17,19H,6-13,15H2,1-3H3,(H,31,37)(H,32,33,38). The van der Waals surface area contributed by atoms with Crippen LogP contribution < -0.4 is 25.7 Å². The predicted molar refractivity (Wildman–Crippen MR) is 152 cm³/mol. The number of fused-ring (bicyclic) bond motifs is 2. The van der Waals surface area contributed by atoms with Crippen molar-refractivity contribution < 1.29 is 28.5 Å². The third-order valence-corrected chi connectivity index (χ3v) is 6.67. The molecule has 2 aliphatic rings. The summed E-state index contributed by atoms with van der Waals surface area (Å²) >= 11 is 0. The second kappa shape index (κ2) is 12.6. The van der Waals surface area contributed by atoms with Gasteiger partial charge < -0.3 is 29.2 Å². The second-order valence-electron chi connectivity index (χ2n) is 11.0. The van der Waals surface area contributed by atoms with Gasteiger partial charge in [0.05, 0.1) is 24.6 Å². The molecule has 0 aliphatic carbocycles. The summed E-state index contributed by atoms with van der Waals surface area (Å²) in [6.45, 7) is 8.89. The first-order valence-electron chi connectivity index (χ1n) is 13.9. The third-order valence-electron chi connectivity index (χ3n) is 6.67. The topological polar surface area (TPSA) is 159 Å². The molecule has 2 N–H and O–H groups in total. The number of nitrogens with one attached hydrogen (secondary N) is 2. The molecular weight excluding hydrogens is 546 g/mol. The summed E-state index contributed by atoms with van der Waals surface area (Å²) in [5, 5.41) is 5.35. The lowest BCUT2D eigenvalue weighted by Crippen LogP contribution is -2.41. The molecule has 0 aromatic carbocycles. The Balaban J connectivity index is 1.10. The van der Waals surface area contributed by atoms with Gasteiger partial charge in [-0.05, 0) is 45.7 Å². The smallest absolute Gasteiger partial charge is 0.413 e. The van der Waals surface area contributed by atoms with E-state index in [1.165, 1.54) is 6.20 Å². The Kier molecular flexibility index (Phi) is 8.71. The molecule has 14 nitrogen and oxygen atoms in total. The number of carbonyl (C=O) groups is 2. The molecule has 1 fully saturated rings. The highest BCUT2D eigenvalue weighted by atomic mass is 16.6. The SMILES string of the molecule is CC(C)(C)OC(=O)Nc1ccc2ncc(=O)n(CCN3CCC(OC(=O)NCc4cc5c(cn4)OCCO5)CC3)c2n1. The van der Waals surface area contributed by atoms with Crippen LogP contribution in [-0.4, -0.2) is 81.2 Å². The minimum atomic E-state index is -0.655. The van der Waals surface area contributed by atoms with Crippen LogP contribution in [0.2, 0.25) is 0 Å². The quantitative estimate of drug-likeness (QED) is 0.422. The number of rotatable bonds is 7. The molecule has 14 heteroatoms. The largest absolute Gasteiger partial charge is 0.486 e. The monoisotopic (exact) mass is 581 g/mol. The lowest BCUT2D eigenvalue weighted by molar-refractivity contribution is 0.0496. The van der Waals surface area contributed by atoms with E-state index in [2.05, 4.69) is 30.5 Å². The molecular formula is C28H35N7O7. The van der Waals surface area contributed by atoms with E-state index in [0.29, 0.717) is 80.6 Å². The zero-order valence-corrected chi connectivity index (χ0v) is 23.9. The highest BCUT2D eigenvalue weighted by molar-refractivity contribution is 5.85. The number of amides is 2. The lowest BCUT2D eigenvalue weighted by Gasteiger charge is -2.31. The number of likely N-dealkylation sites (tertiary alicyclic amines) is 1. The highest BCUT2D eigenvalue weighted by Crippen LogP contribution is 2.29. The summed E-state index contributed by atoms with van der Waals surface area (Å²) in [6.07, 6.45) is 2.86. The van der Waals surface area contributed by atoms with Crippen LogP contribution in [-0.2, 0) is 22.6 Å². The summed E-state index contributed by atoms with van der Waals surface area (Å²) in [5.74, 6) is 1.47. The minimum absolute atomic E-state index is 0.206. The van der Waals surface area contributed by atoms with Gasteiger partial charge >= 0.3 is 12.2 Å². The van der Waals surface area contributed by atoms with Crippen molar-refractivity contribution in [2.24, 2.45) is 0 Å². The molecule has 5 heterocycles. The van der Waals surface area contributed by atoms with E-state index in [4.69, 9.17) is 18.9 Å². The van der Waals surface area contributed by atoms with Crippen molar-refractivity contribution in [2.45, 2.75) is 58.4 Å². The second-order valence-corrected chi connectivity index (χ2v) is 11.0. The Labute approximate surface area is 242 Å². The molecule has 2 amide bonds. The molecule has 224 valence electrons. The Morgan fingerprint density at radius 1 is 1.02 bits per heavy atom. The first-order chi connectivity index (χ1) is 20.1. The van der Waals surface area contributed by atoms with Crippen LogP contribution in [0.5, 0.6) is 11.5 Å². The molecule has 0 atom stereocenters. The number of nitrogens with zero attached hydrogens (tertiary/aromatic N) is 5. The number of piperidine rings is 1. The summed E-state index contributed by atoms with van der Waals surface area (Å²) < 4.78 is 23.5. The third kappa shape index (κ3) is 7.63. The van der Waals surface area contributed by atoms with Gasteiger partial charge in [-0.2, -0.15) is 0 Å². The van der Waals surface area contributed by atoms with Crippen LogP contribution in [0, 0.1) is 0 Å². The first kappa shape index (κ1) is 29.0. The van der Waals surface area contributed by atoms with E-state index in [-0.39, 0.29) is 24.0 Å². The van der Waals surface area contributed by atoms with Crippen molar-refractivity contribution in [1.82, 2.24) is 29.7 Å². The van der Waals surface area contributed by atoms with Gasteiger partial charge in [0.25, 0.3) is 5.56 Å². The predicted octanol–water partition coefficient (Wildman–Crippen LogP) is 2.70. The van der Waals surface area contributed by atoms with Gasteiger partial charge in [0, 0.05) is 32.2 Å². The van der Waals surface area contributed by atoms with Gasteiger partial charge in [0.15, 0.2) is 17.1 Å². The number of hydrogen-bond donors (Lipinski definition) is 2. The van der Waals surface area contributed by atoms with Gasteiger partial charge in [-0.25, -0.2) is 19.6 Å². The maximum Gasteiger partial charge on any atom is 0.413 e. The van der Waals surface area contributed by atoms with Crippen LogP contribution >= 0.6 is 0 Å². The normalized spacial score (nSPS) is 15.7. The molecule has 0 radical (unpaired) electrons. The molecule has 0 unspecified atom stereocenters. The fourth-order valence-corrected chi connectivity index (χ4v) is 4.67. The zero-order chi connectivity index (χ0) is 29.7. The maximum absolute atomic E-state index is 12.7. The fourth-order valence-electron chi connectivity index (χ4n) is 4.67. The summed E-state index contributed by atoms with van der Waals surface area (Å²) in [4.78, 5) is 52.4. The van der Waals surface area contributed by atoms with Gasteiger partial charge in [-0.3, -0.25) is 19.7 Å². The number of anilines is 1. The first-order valence-corrected chi connectivity index (χ1v) is 13.9. The molecule has 5 rings (SSSR count).